The number of carbonyl (C=O) groups is 1. The van der Waals surface area contributed by atoms with Crippen LogP contribution in [0, 0.1) is 18.1 Å². The lowest BCUT2D eigenvalue weighted by Gasteiger charge is -2.29. The fourth-order valence-electron chi connectivity index (χ4n) is 4.08. The molecule has 6 nitrogen and oxygen atoms in total. The molecule has 0 spiro atoms. The number of unbranched alkanes of at least 4 members (excludes halogenated alkanes) is 1. The summed E-state index contributed by atoms with van der Waals surface area (Å²) in [7, 11) is -0.193. The fraction of sp³-hybridized carbons (Fsp3) is 0.500. The lowest BCUT2D eigenvalue weighted by Crippen LogP contribution is -2.45. The van der Waals surface area contributed by atoms with Gasteiger partial charge in [-0.15, -0.1) is 0 Å². The van der Waals surface area contributed by atoms with E-state index in [0.29, 0.717) is 32.0 Å². The minimum atomic E-state index is -3.86. The molecule has 205 valence electrons. The van der Waals surface area contributed by atoms with Crippen molar-refractivity contribution in [3.05, 3.63) is 77.2 Å². The molecule has 0 aliphatic heterocycles. The van der Waals surface area contributed by atoms with Crippen molar-refractivity contribution in [2.24, 2.45) is 0 Å². The molecule has 0 aliphatic carbocycles. The molecule has 1 unspecified atom stereocenters. The SMILES string of the molecule is CCCCS(=O)(=O)C(c1cc(F)cc(F)c1)[C@H]([CH]CNCc1cccc(CC)c1)NC(=O)CCN(C)C. The van der Waals surface area contributed by atoms with Crippen molar-refractivity contribution in [1.29, 1.82) is 0 Å². The zero-order chi connectivity index (χ0) is 27.4. The first-order valence-corrected chi connectivity index (χ1v) is 14.5. The number of halogens is 2. The average Bonchev–Trinajstić information content (AvgIpc) is 2.83. The lowest BCUT2D eigenvalue weighted by molar-refractivity contribution is -0.121. The molecule has 2 atom stereocenters. The third kappa shape index (κ3) is 10.5. The van der Waals surface area contributed by atoms with Gasteiger partial charge in [-0.25, -0.2) is 17.2 Å². The van der Waals surface area contributed by atoms with Crippen LogP contribution in [0.4, 0.5) is 8.78 Å². The van der Waals surface area contributed by atoms with Gasteiger partial charge in [0.05, 0.1) is 11.8 Å². The van der Waals surface area contributed by atoms with Crippen LogP contribution in [0.25, 0.3) is 0 Å². The zero-order valence-corrected chi connectivity index (χ0v) is 23.1. The molecular formula is C28H40F2N3O3S. The Morgan fingerprint density at radius 1 is 1.05 bits per heavy atom. The van der Waals surface area contributed by atoms with Gasteiger partial charge in [-0.1, -0.05) is 44.5 Å². The number of hydrogen-bond acceptors (Lipinski definition) is 5. The van der Waals surface area contributed by atoms with Gasteiger partial charge in [0, 0.05) is 32.1 Å². The summed E-state index contributed by atoms with van der Waals surface area (Å²) < 4.78 is 55.3. The Labute approximate surface area is 220 Å². The Balaban J connectivity index is 2.32. The minimum absolute atomic E-state index is 0.0154. The molecule has 0 saturated carbocycles. The van der Waals surface area contributed by atoms with Crippen LogP contribution in [0.3, 0.4) is 0 Å². The van der Waals surface area contributed by atoms with E-state index in [9.17, 15) is 22.0 Å². The molecule has 1 radical (unpaired) electrons. The van der Waals surface area contributed by atoms with Crippen LogP contribution in [0.15, 0.2) is 42.5 Å². The van der Waals surface area contributed by atoms with Gasteiger partial charge in [-0.05, 0) is 62.2 Å². The molecule has 2 aromatic carbocycles. The molecule has 0 aliphatic rings. The highest BCUT2D eigenvalue weighted by atomic mass is 32.2. The van der Waals surface area contributed by atoms with E-state index >= 15 is 0 Å². The van der Waals surface area contributed by atoms with E-state index in [4.69, 9.17) is 0 Å². The predicted octanol–water partition coefficient (Wildman–Crippen LogP) is 4.21. The monoisotopic (exact) mass is 536 g/mol. The maximum absolute atomic E-state index is 14.2. The number of rotatable bonds is 16. The van der Waals surface area contributed by atoms with E-state index < -0.39 is 32.8 Å². The molecule has 0 fully saturated rings. The summed E-state index contributed by atoms with van der Waals surface area (Å²) in [6, 6.07) is 9.94. The average molecular weight is 537 g/mol. The molecule has 37 heavy (non-hydrogen) atoms. The van der Waals surface area contributed by atoms with Crippen LogP contribution < -0.4 is 10.6 Å². The molecule has 0 heterocycles. The second-order valence-electron chi connectivity index (χ2n) is 9.53. The van der Waals surface area contributed by atoms with Crippen LogP contribution in [0.5, 0.6) is 0 Å². The maximum atomic E-state index is 14.2. The zero-order valence-electron chi connectivity index (χ0n) is 22.3. The Kier molecular flexibility index (Phi) is 12.6. The van der Waals surface area contributed by atoms with Gasteiger partial charge in [0.25, 0.3) is 0 Å². The largest absolute Gasteiger partial charge is 0.351 e. The first kappa shape index (κ1) is 30.9. The Bertz CT molecular complexity index is 1090. The number of sulfone groups is 1. The van der Waals surface area contributed by atoms with Crippen molar-refractivity contribution in [2.45, 2.75) is 57.4 Å². The molecule has 9 heteroatoms. The Morgan fingerprint density at radius 3 is 2.35 bits per heavy atom. The molecule has 0 aromatic heterocycles. The molecule has 2 N–H and O–H groups in total. The third-order valence-corrected chi connectivity index (χ3v) is 8.26. The quantitative estimate of drug-likeness (QED) is 0.314. The maximum Gasteiger partial charge on any atom is 0.221 e. The summed E-state index contributed by atoms with van der Waals surface area (Å²) in [4.78, 5) is 14.6. The standard InChI is InChI=1S/C28H40F2N3O3S/c1-5-7-15-37(35,36)28(23-17-24(29)19-25(30)18-23)26(32-27(34)12-14-33(3)4)11-13-31-20-22-10-8-9-21(6-2)16-22/h8-11,16-19,26,28,31H,5-7,12-15,20H2,1-4H3,(H,32,34)/t26-,28?/m0/s1. The second-order valence-corrected chi connectivity index (χ2v) is 11.8. The van der Waals surface area contributed by atoms with Crippen molar-refractivity contribution in [1.82, 2.24) is 15.5 Å². The van der Waals surface area contributed by atoms with Gasteiger partial charge in [0.15, 0.2) is 9.84 Å². The fourth-order valence-corrected chi connectivity index (χ4v) is 6.20. The van der Waals surface area contributed by atoms with Crippen LogP contribution in [-0.2, 0) is 27.6 Å². The van der Waals surface area contributed by atoms with Crippen molar-refractivity contribution >= 4 is 15.7 Å². The van der Waals surface area contributed by atoms with Crippen molar-refractivity contribution in [3.8, 4) is 0 Å². The van der Waals surface area contributed by atoms with Crippen molar-refractivity contribution in [2.75, 3.05) is 32.9 Å². The number of aryl methyl sites for hydroxylation is 1. The van der Waals surface area contributed by atoms with Crippen LogP contribution in [0.2, 0.25) is 0 Å². The minimum Gasteiger partial charge on any atom is -0.351 e. The van der Waals surface area contributed by atoms with E-state index in [1.54, 1.807) is 6.42 Å². The summed E-state index contributed by atoms with van der Waals surface area (Å²) in [6.45, 7) is 5.27. The number of carbonyl (C=O) groups excluding carboxylic acids is 1. The van der Waals surface area contributed by atoms with Crippen molar-refractivity contribution in [3.63, 3.8) is 0 Å². The number of nitrogens with one attached hydrogen (secondary N) is 2. The summed E-state index contributed by atoms with van der Waals surface area (Å²) in [5, 5.41) is 4.78. The van der Waals surface area contributed by atoms with Crippen molar-refractivity contribution < 1.29 is 22.0 Å². The number of amides is 1. The van der Waals surface area contributed by atoms with Crippen LogP contribution in [0.1, 0.15) is 55.1 Å². The van der Waals surface area contributed by atoms with Gasteiger partial charge in [-0.2, -0.15) is 0 Å². The molecule has 0 bridgehead atoms. The first-order valence-electron chi connectivity index (χ1n) is 12.8. The summed E-state index contributed by atoms with van der Waals surface area (Å²) in [5.74, 6) is -2.21. The van der Waals surface area contributed by atoms with Gasteiger partial charge in [0.1, 0.15) is 16.9 Å². The smallest absolute Gasteiger partial charge is 0.221 e. The molecule has 0 saturated heterocycles. The van der Waals surface area contributed by atoms with Gasteiger partial charge in [-0.3, -0.25) is 4.79 Å². The molecule has 2 aromatic rings. The van der Waals surface area contributed by atoms with E-state index in [2.05, 4.69) is 29.7 Å². The van der Waals surface area contributed by atoms with Gasteiger partial charge < -0.3 is 15.5 Å². The number of hydrogen-bond donors (Lipinski definition) is 2. The molecule has 1 amide bonds. The summed E-state index contributed by atoms with van der Waals surface area (Å²) >= 11 is 0. The molecule has 2 rings (SSSR count). The van der Waals surface area contributed by atoms with E-state index in [0.717, 1.165) is 24.1 Å². The first-order chi connectivity index (χ1) is 17.6. The van der Waals surface area contributed by atoms with Crippen LogP contribution >= 0.6 is 0 Å². The van der Waals surface area contributed by atoms with E-state index in [1.807, 2.05) is 38.1 Å². The topological polar surface area (TPSA) is 78.5 Å². The summed E-state index contributed by atoms with van der Waals surface area (Å²) in [5.41, 5.74) is 2.28. The highest BCUT2D eigenvalue weighted by molar-refractivity contribution is 7.91. The van der Waals surface area contributed by atoms with Gasteiger partial charge in [0.2, 0.25) is 5.91 Å². The lowest BCUT2D eigenvalue weighted by atomic mass is 10.0. The third-order valence-electron chi connectivity index (χ3n) is 6.07. The molecular weight excluding hydrogens is 496 g/mol. The predicted molar refractivity (Wildman–Crippen MR) is 145 cm³/mol. The highest BCUT2D eigenvalue weighted by Gasteiger charge is 2.36. The summed E-state index contributed by atoms with van der Waals surface area (Å²) in [6.07, 6.45) is 3.81. The van der Waals surface area contributed by atoms with E-state index in [-0.39, 0.29) is 30.2 Å². The van der Waals surface area contributed by atoms with Crippen LogP contribution in [-0.4, -0.2) is 58.2 Å². The number of nitrogens with zero attached hydrogens (tertiary/aromatic N) is 1. The Morgan fingerprint density at radius 2 is 1.73 bits per heavy atom. The van der Waals surface area contributed by atoms with Gasteiger partial charge >= 0.3 is 0 Å². The number of benzene rings is 2. The highest BCUT2D eigenvalue weighted by Crippen LogP contribution is 2.30. The van der Waals surface area contributed by atoms with E-state index in [1.165, 1.54) is 5.56 Å². The Hall–Kier alpha value is -2.36. The normalized spacial score (nSPS) is 13.5. The second kappa shape index (κ2) is 15.1.